The minimum atomic E-state index is -1.86. The highest BCUT2D eigenvalue weighted by molar-refractivity contribution is 6.74. The number of nitrogens with zero attached hydrogens (tertiary/aromatic N) is 2. The largest absolute Gasteiger partial charge is 0.458 e. The number of rotatable bonds is 6. The summed E-state index contributed by atoms with van der Waals surface area (Å²) in [4.78, 5) is 34.5. The first-order valence-corrected chi connectivity index (χ1v) is 20.4. The third-order valence-electron chi connectivity index (χ3n) is 12.3. The number of ketones is 1. The molecule has 3 rings (SSSR count). The molecule has 2 aliphatic rings. The van der Waals surface area contributed by atoms with Crippen LogP contribution >= 0.6 is 0 Å². The van der Waals surface area contributed by atoms with Crippen molar-refractivity contribution in [3.8, 4) is 0 Å². The van der Waals surface area contributed by atoms with Gasteiger partial charge in [0.1, 0.15) is 11.9 Å². The molecule has 0 aliphatic carbocycles. The smallest absolute Gasteiger partial charge is 0.306 e. The number of ether oxygens (including phenoxy) is 1. The van der Waals surface area contributed by atoms with Gasteiger partial charge in [-0.2, -0.15) is 0 Å². The van der Waals surface area contributed by atoms with E-state index in [4.69, 9.17) is 9.16 Å². The summed E-state index contributed by atoms with van der Waals surface area (Å²) in [5.74, 6) is 0.541. The molecule has 0 aromatic carbocycles. The molecule has 1 unspecified atom stereocenters. The highest BCUT2D eigenvalue weighted by Crippen LogP contribution is 2.49. The Bertz CT molecular complexity index is 1190. The van der Waals surface area contributed by atoms with E-state index >= 15 is 0 Å². The zero-order valence-corrected chi connectivity index (χ0v) is 31.8. The number of cyclic esters (lactones) is 1. The summed E-state index contributed by atoms with van der Waals surface area (Å²) in [6.45, 7) is 30.2. The molecule has 7 heteroatoms. The van der Waals surface area contributed by atoms with Gasteiger partial charge in [-0.15, -0.1) is 0 Å². The highest BCUT2D eigenvalue weighted by Gasteiger charge is 2.58. The fourth-order valence-electron chi connectivity index (χ4n) is 6.93. The second-order valence-corrected chi connectivity index (χ2v) is 21.6. The van der Waals surface area contributed by atoms with Crippen LogP contribution in [0.15, 0.2) is 30.0 Å². The zero-order chi connectivity index (χ0) is 34.0. The number of esters is 1. The zero-order valence-electron chi connectivity index (χ0n) is 30.8. The molecular weight excluding hydrogens is 577 g/mol. The fourth-order valence-corrected chi connectivity index (χ4v) is 7.97. The van der Waals surface area contributed by atoms with Crippen LogP contribution in [0.5, 0.6) is 0 Å². The molecule has 45 heavy (non-hydrogen) atoms. The van der Waals surface area contributed by atoms with Gasteiger partial charge in [0, 0.05) is 55.1 Å². The van der Waals surface area contributed by atoms with Crippen LogP contribution < -0.4 is 0 Å². The quantitative estimate of drug-likeness (QED) is 0.176. The number of fused-ring (bicyclic) bond motifs is 1. The average Bonchev–Trinajstić information content (AvgIpc) is 3.50. The van der Waals surface area contributed by atoms with Crippen LogP contribution in [0.25, 0.3) is 6.08 Å². The second-order valence-electron chi connectivity index (χ2n) is 16.7. The molecule has 254 valence electrons. The minimum absolute atomic E-state index is 0.0173. The molecule has 2 aliphatic heterocycles. The van der Waals surface area contributed by atoms with Crippen LogP contribution in [0.3, 0.4) is 0 Å². The van der Waals surface area contributed by atoms with E-state index in [0.717, 1.165) is 50.1 Å². The van der Waals surface area contributed by atoms with E-state index in [1.165, 1.54) is 0 Å². The maximum atomic E-state index is 13.8. The topological polar surface area (TPSA) is 68.5 Å². The normalized spacial score (nSPS) is 34.2. The van der Waals surface area contributed by atoms with Crippen LogP contribution in [-0.4, -0.2) is 60.8 Å². The summed E-state index contributed by atoms with van der Waals surface area (Å²) < 4.78 is 13.0. The lowest BCUT2D eigenvalue weighted by Crippen LogP contribution is -2.42. The van der Waals surface area contributed by atoms with E-state index in [-0.39, 0.29) is 52.6 Å². The van der Waals surface area contributed by atoms with E-state index in [2.05, 4.69) is 78.4 Å². The number of carbonyl (C=O) groups is 2. The lowest BCUT2D eigenvalue weighted by Gasteiger charge is -2.36. The summed E-state index contributed by atoms with van der Waals surface area (Å²) in [5, 5.41) is 0.169. The fraction of sp³-hybridized carbons (Fsp3) is 0.763. The molecule has 0 saturated carbocycles. The van der Waals surface area contributed by atoms with Crippen molar-refractivity contribution in [2.45, 2.75) is 144 Å². The molecule has 2 saturated heterocycles. The number of aromatic nitrogens is 1. The SMILES string of the molecule is C/C(=C\c1ccccn1)[C@@H]1C[C@@H]2N(CCO[Si](C)(C)C(C)(C)C)[C@]2(C)CCC[C@H](C)[C@H](C)[C@@H](C)C(=O)C(C)(C)[C@@H](C)CC(=O)O1. The van der Waals surface area contributed by atoms with E-state index < -0.39 is 13.7 Å². The van der Waals surface area contributed by atoms with Crippen molar-refractivity contribution in [2.75, 3.05) is 13.2 Å². The number of pyridine rings is 1. The monoisotopic (exact) mass is 640 g/mol. The number of Topliss-reactive ketones (excluding diaryl/α,β-unsaturated/α-hetero) is 1. The van der Waals surface area contributed by atoms with Crippen molar-refractivity contribution in [3.05, 3.63) is 35.7 Å². The summed E-state index contributed by atoms with van der Waals surface area (Å²) in [5.41, 5.74) is 1.25. The number of carbonyl (C=O) groups excluding carboxylic acids is 2. The summed E-state index contributed by atoms with van der Waals surface area (Å²) in [6.07, 6.45) is 7.69. The third kappa shape index (κ3) is 8.95. The molecule has 0 spiro atoms. The van der Waals surface area contributed by atoms with Crippen LogP contribution in [0, 0.1) is 29.1 Å². The highest BCUT2D eigenvalue weighted by atomic mass is 28.4. The Morgan fingerprint density at radius 2 is 1.80 bits per heavy atom. The Balaban J connectivity index is 1.93. The van der Waals surface area contributed by atoms with E-state index in [9.17, 15) is 9.59 Å². The summed E-state index contributed by atoms with van der Waals surface area (Å²) in [6, 6.07) is 6.15. The van der Waals surface area contributed by atoms with Crippen molar-refractivity contribution < 1.29 is 18.8 Å². The standard InChI is InChI=1S/C38H64N2O4Si/c1-26-17-16-19-38(11)33(40(38)21-22-43-45(12,13)36(6,7)8)25-32(27(2)23-31-18-14-15-20-39-31)44-34(41)24-28(3)37(9,10)35(42)30(5)29(26)4/h14-15,18,20,23,26,28-30,32-33H,16-17,19,21-22,24-25H2,1-13H3/b27-23+/t26-,28-,29-,30+,32-,33-,38+,40?/m0/s1. The second kappa shape index (κ2) is 14.5. The van der Waals surface area contributed by atoms with Gasteiger partial charge < -0.3 is 9.16 Å². The van der Waals surface area contributed by atoms with Crippen LogP contribution in [0.2, 0.25) is 18.1 Å². The molecule has 0 N–H and O–H groups in total. The molecule has 0 amide bonds. The third-order valence-corrected chi connectivity index (χ3v) is 16.9. The maximum Gasteiger partial charge on any atom is 0.306 e. The predicted molar refractivity (Wildman–Crippen MR) is 188 cm³/mol. The van der Waals surface area contributed by atoms with Gasteiger partial charge in [-0.3, -0.25) is 19.5 Å². The Labute approximate surface area is 276 Å². The molecule has 3 heterocycles. The molecule has 2 fully saturated rings. The van der Waals surface area contributed by atoms with Crippen LogP contribution in [-0.2, 0) is 18.8 Å². The molecular formula is C38H64N2O4Si. The number of hydrogen-bond acceptors (Lipinski definition) is 6. The molecule has 1 aromatic rings. The Morgan fingerprint density at radius 1 is 1.13 bits per heavy atom. The molecule has 8 atom stereocenters. The van der Waals surface area contributed by atoms with Gasteiger partial charge in [0.05, 0.1) is 5.69 Å². The van der Waals surface area contributed by atoms with E-state index in [1.54, 1.807) is 6.20 Å². The van der Waals surface area contributed by atoms with Gasteiger partial charge in [-0.05, 0) is 79.9 Å². The lowest BCUT2D eigenvalue weighted by molar-refractivity contribution is -0.150. The van der Waals surface area contributed by atoms with Gasteiger partial charge >= 0.3 is 5.97 Å². The molecule has 6 nitrogen and oxygen atoms in total. The number of hydrogen-bond donors (Lipinski definition) is 0. The molecule has 0 bridgehead atoms. The first-order valence-electron chi connectivity index (χ1n) is 17.5. The Morgan fingerprint density at radius 3 is 2.40 bits per heavy atom. The van der Waals surface area contributed by atoms with Gasteiger partial charge in [-0.1, -0.05) is 81.2 Å². The van der Waals surface area contributed by atoms with E-state index in [0.29, 0.717) is 12.0 Å². The van der Waals surface area contributed by atoms with Crippen LogP contribution in [0.4, 0.5) is 0 Å². The van der Waals surface area contributed by atoms with Crippen molar-refractivity contribution in [1.29, 1.82) is 0 Å². The lowest BCUT2D eigenvalue weighted by atomic mass is 9.67. The predicted octanol–water partition coefficient (Wildman–Crippen LogP) is 8.97. The molecule has 1 aromatic heterocycles. The van der Waals surface area contributed by atoms with Gasteiger partial charge in [0.15, 0.2) is 8.32 Å². The summed E-state index contributed by atoms with van der Waals surface area (Å²) >= 11 is 0. The van der Waals surface area contributed by atoms with Crippen molar-refractivity contribution in [2.24, 2.45) is 29.1 Å². The Hall–Kier alpha value is -1.83. The average molecular weight is 641 g/mol. The van der Waals surface area contributed by atoms with E-state index in [1.807, 2.05) is 45.0 Å². The van der Waals surface area contributed by atoms with Gasteiger partial charge in [0.2, 0.25) is 0 Å². The van der Waals surface area contributed by atoms with Crippen molar-refractivity contribution in [1.82, 2.24) is 9.88 Å². The summed E-state index contributed by atoms with van der Waals surface area (Å²) in [7, 11) is -1.86. The maximum absolute atomic E-state index is 13.8. The van der Waals surface area contributed by atoms with Crippen molar-refractivity contribution >= 4 is 26.1 Å². The Kier molecular flexibility index (Phi) is 12.1. The van der Waals surface area contributed by atoms with Crippen LogP contribution in [0.1, 0.15) is 114 Å². The molecule has 0 radical (unpaired) electrons. The van der Waals surface area contributed by atoms with Gasteiger partial charge in [0.25, 0.3) is 0 Å². The minimum Gasteiger partial charge on any atom is -0.458 e. The van der Waals surface area contributed by atoms with Crippen molar-refractivity contribution in [3.63, 3.8) is 0 Å². The first-order chi connectivity index (χ1) is 20.7. The first kappa shape index (κ1) is 37.6. The van der Waals surface area contributed by atoms with Gasteiger partial charge in [-0.25, -0.2) is 0 Å².